The molecule has 0 heterocycles. The summed E-state index contributed by atoms with van der Waals surface area (Å²) in [5.74, 6) is 0. The molecule has 0 spiro atoms. The highest BCUT2D eigenvalue weighted by molar-refractivity contribution is 5.65. The largest absolute Gasteiger partial charge is 0.394 e. The Kier molecular flexibility index (Phi) is 25.3. The van der Waals surface area contributed by atoms with Crippen LogP contribution < -0.4 is 0 Å². The van der Waals surface area contributed by atoms with E-state index in [1.165, 1.54) is 32.8 Å². The van der Waals surface area contributed by atoms with E-state index in [1.54, 1.807) is 7.11 Å². The van der Waals surface area contributed by atoms with E-state index in [2.05, 4.69) is 31.3 Å². The number of halogens is 3. The molecule has 0 aromatic heterocycles. The summed E-state index contributed by atoms with van der Waals surface area (Å²) in [7, 11) is 2.98. The van der Waals surface area contributed by atoms with Gasteiger partial charge in [-0.05, 0) is 19.3 Å². The van der Waals surface area contributed by atoms with Gasteiger partial charge in [0.25, 0.3) is 0 Å². The molecule has 0 radical (unpaired) electrons. The number of aliphatic imine (C=N–C) groups is 1. The van der Waals surface area contributed by atoms with Crippen molar-refractivity contribution in [2.45, 2.75) is 71.3 Å². The Morgan fingerprint density at radius 3 is 1.77 bits per heavy atom. The van der Waals surface area contributed by atoms with E-state index < -0.39 is 12.8 Å². The number of nitrogens with zero attached hydrogens (tertiary/aromatic N) is 1. The van der Waals surface area contributed by atoms with Gasteiger partial charge in [-0.15, -0.1) is 4.39 Å². The first-order valence-corrected chi connectivity index (χ1v) is 9.04. The third-order valence-electron chi connectivity index (χ3n) is 3.13. The molecule has 0 aromatic carbocycles. The second-order valence-corrected chi connectivity index (χ2v) is 5.32. The van der Waals surface area contributed by atoms with Crippen LogP contribution in [0, 0.1) is 0 Å². The van der Waals surface area contributed by atoms with Gasteiger partial charge in [0.1, 0.15) is 0 Å². The Hall–Kier alpha value is -0.900. The van der Waals surface area contributed by atoms with Gasteiger partial charge < -0.3 is 4.74 Å². The Morgan fingerprint density at radius 1 is 0.808 bits per heavy atom. The molecule has 6 nitrogen and oxygen atoms in total. The summed E-state index contributed by atoms with van der Waals surface area (Å²) in [4.78, 5) is 21.4. The van der Waals surface area contributed by atoms with Gasteiger partial charge in [0, 0.05) is 6.54 Å². The summed E-state index contributed by atoms with van der Waals surface area (Å²) in [6, 6.07) is 0. The Bertz CT molecular complexity index is 290. The number of hydrogen-bond acceptors (Lipinski definition) is 6. The van der Waals surface area contributed by atoms with E-state index in [9.17, 15) is 13.2 Å². The maximum absolute atomic E-state index is 12.3. The minimum Gasteiger partial charge on any atom is -0.394 e. The maximum Gasteiger partial charge on any atom is 0.390 e. The Balaban J connectivity index is 0. The van der Waals surface area contributed by atoms with Crippen molar-refractivity contribution in [3.05, 3.63) is 0 Å². The zero-order chi connectivity index (χ0) is 19.9. The van der Waals surface area contributed by atoms with E-state index >= 15 is 0 Å². The zero-order valence-corrected chi connectivity index (χ0v) is 16.2. The fourth-order valence-electron chi connectivity index (χ4n) is 1.84. The lowest BCUT2D eigenvalue weighted by Gasteiger charge is -2.00. The van der Waals surface area contributed by atoms with Gasteiger partial charge in [0.05, 0.1) is 27.4 Å². The van der Waals surface area contributed by atoms with Crippen molar-refractivity contribution in [3.8, 4) is 0 Å². The lowest BCUT2D eigenvalue weighted by molar-refractivity contribution is -0.272. The predicted octanol–water partition coefficient (Wildman–Crippen LogP) is 5.22. The van der Waals surface area contributed by atoms with E-state index in [-0.39, 0.29) is 6.54 Å². The lowest BCUT2D eigenvalue weighted by Crippen LogP contribution is -2.04. The molecule has 0 aliphatic rings. The molecule has 0 unspecified atom stereocenters. The number of rotatable bonds is 16. The molecular weight excluding hydrogens is 355 g/mol. The van der Waals surface area contributed by atoms with Crippen LogP contribution in [0.15, 0.2) is 4.99 Å². The predicted molar refractivity (Wildman–Crippen MR) is 93.6 cm³/mol. The van der Waals surface area contributed by atoms with Gasteiger partial charge in [-0.1, -0.05) is 45.4 Å². The fraction of sp³-hybridized carbons (Fsp3) is 0.941. The minimum atomic E-state index is -3.16. The van der Waals surface area contributed by atoms with Crippen LogP contribution in [0.5, 0.6) is 0 Å². The van der Waals surface area contributed by atoms with Crippen molar-refractivity contribution in [2.24, 2.45) is 4.99 Å². The van der Waals surface area contributed by atoms with Gasteiger partial charge in [-0.3, -0.25) is 0 Å². The monoisotopic (exact) mass is 389 g/mol. The Morgan fingerprint density at radius 2 is 1.31 bits per heavy atom. The normalized spacial score (nSPS) is 11.4. The highest BCUT2D eigenvalue weighted by Crippen LogP contribution is 2.03. The van der Waals surface area contributed by atoms with Gasteiger partial charge in [-0.25, -0.2) is 24.5 Å². The molecule has 0 amide bonds. The smallest absolute Gasteiger partial charge is 0.390 e. The van der Waals surface area contributed by atoms with Gasteiger partial charge in [0.2, 0.25) is 0 Å². The van der Waals surface area contributed by atoms with Crippen LogP contribution in [-0.4, -0.2) is 46.7 Å². The van der Waals surface area contributed by atoms with E-state index in [4.69, 9.17) is 4.89 Å². The molecule has 0 aliphatic carbocycles. The summed E-state index contributed by atoms with van der Waals surface area (Å²) in [5.41, 5.74) is 0. The van der Waals surface area contributed by atoms with Crippen LogP contribution in [0.25, 0.3) is 0 Å². The lowest BCUT2D eigenvalue weighted by atomic mass is 10.2. The number of ether oxygens (including phenoxy) is 1. The molecule has 0 N–H and O–H groups in total. The molecule has 0 saturated carbocycles. The average Bonchev–Trinajstić information content (AvgIpc) is 2.60. The topological polar surface area (TPSA) is 58.5 Å². The molecule has 0 aromatic rings. The molecular formula is C17H34F3NO5. The summed E-state index contributed by atoms with van der Waals surface area (Å²) in [5, 5.41) is 0. The summed E-state index contributed by atoms with van der Waals surface area (Å²) >= 11 is 0. The van der Waals surface area contributed by atoms with Crippen LogP contribution in [-0.2, 0) is 24.3 Å². The van der Waals surface area contributed by atoms with Crippen molar-refractivity contribution in [1.29, 1.82) is 0 Å². The standard InChI is InChI=1S/C9H16F3NO3.C8H18O2/c1-14-15-7-5-3-2-4-6-13-9(12)16-8(10)11;1-3-4-5-6-7-8-10-9-2/h8H,2-7H2,1H3;3-8H2,1-2H3. The molecule has 0 rings (SSSR count). The SMILES string of the molecule is CCCCCCCOOC.COOCCCCCCN=C(F)OC(F)F. The number of alkyl halides is 2. The summed E-state index contributed by atoms with van der Waals surface area (Å²) in [6.45, 7) is 0.438. The highest BCUT2D eigenvalue weighted by atomic mass is 19.3. The maximum atomic E-state index is 12.3. The van der Waals surface area contributed by atoms with Crippen molar-refractivity contribution >= 4 is 6.15 Å². The summed E-state index contributed by atoms with van der Waals surface area (Å²) in [6.07, 6.45) is 8.03. The van der Waals surface area contributed by atoms with Gasteiger partial charge >= 0.3 is 12.8 Å². The first-order chi connectivity index (χ1) is 12.6. The number of unbranched alkanes of at least 4 members (excludes halogenated alkanes) is 7. The van der Waals surface area contributed by atoms with Crippen molar-refractivity contribution in [2.75, 3.05) is 34.0 Å². The van der Waals surface area contributed by atoms with Gasteiger partial charge in [-0.2, -0.15) is 8.78 Å². The first-order valence-electron chi connectivity index (χ1n) is 9.04. The third kappa shape index (κ3) is 27.9. The third-order valence-corrected chi connectivity index (χ3v) is 3.13. The summed E-state index contributed by atoms with van der Waals surface area (Å²) < 4.78 is 38.7. The van der Waals surface area contributed by atoms with E-state index in [1.807, 2.05) is 0 Å². The van der Waals surface area contributed by atoms with Crippen LogP contribution in [0.3, 0.4) is 0 Å². The molecule has 0 aliphatic heterocycles. The van der Waals surface area contributed by atoms with E-state index in [0.29, 0.717) is 13.0 Å². The quantitative estimate of drug-likeness (QED) is 0.119. The second kappa shape index (κ2) is 24.1. The van der Waals surface area contributed by atoms with Gasteiger partial charge in [0.15, 0.2) is 0 Å². The van der Waals surface area contributed by atoms with Crippen LogP contribution >= 0.6 is 0 Å². The fourth-order valence-corrected chi connectivity index (χ4v) is 1.84. The molecule has 26 heavy (non-hydrogen) atoms. The molecule has 0 atom stereocenters. The molecule has 9 heteroatoms. The molecule has 158 valence electrons. The molecule has 0 bridgehead atoms. The van der Waals surface area contributed by atoms with Crippen molar-refractivity contribution in [1.82, 2.24) is 0 Å². The van der Waals surface area contributed by atoms with Crippen molar-refractivity contribution in [3.63, 3.8) is 0 Å². The minimum absolute atomic E-state index is 0.143. The first kappa shape index (κ1) is 27.3. The zero-order valence-electron chi connectivity index (χ0n) is 16.2. The molecule has 0 fully saturated rings. The van der Waals surface area contributed by atoms with Crippen molar-refractivity contribution < 1.29 is 37.5 Å². The van der Waals surface area contributed by atoms with E-state index in [0.717, 1.165) is 32.3 Å². The Labute approximate surface area is 154 Å². The van der Waals surface area contributed by atoms with Crippen LogP contribution in [0.2, 0.25) is 0 Å². The van der Waals surface area contributed by atoms with Crippen LogP contribution in [0.4, 0.5) is 13.2 Å². The van der Waals surface area contributed by atoms with Crippen LogP contribution in [0.1, 0.15) is 64.7 Å². The molecule has 0 saturated heterocycles. The second-order valence-electron chi connectivity index (χ2n) is 5.32. The number of hydrogen-bond donors (Lipinski definition) is 0. The highest BCUT2D eigenvalue weighted by Gasteiger charge is 2.06. The average molecular weight is 389 g/mol.